The van der Waals surface area contributed by atoms with Crippen LogP contribution in [-0.2, 0) is 12.7 Å². The van der Waals surface area contributed by atoms with Crippen LogP contribution in [0, 0.1) is 0 Å². The summed E-state index contributed by atoms with van der Waals surface area (Å²) < 4.78 is 39.5. The van der Waals surface area contributed by atoms with Crippen LogP contribution in [0.1, 0.15) is 5.56 Å². The summed E-state index contributed by atoms with van der Waals surface area (Å²) in [5.74, 6) is 0. The second kappa shape index (κ2) is 5.52. The highest BCUT2D eigenvalue weighted by atomic mass is 35.5. The summed E-state index contributed by atoms with van der Waals surface area (Å²) in [6, 6.07) is 5.18. The number of aromatic nitrogens is 2. The first-order valence-electron chi connectivity index (χ1n) is 5.54. The normalized spacial score (nSPS) is 11.6. The zero-order valence-electron chi connectivity index (χ0n) is 9.78. The van der Waals surface area contributed by atoms with Crippen LogP contribution in [0.5, 0.6) is 0 Å². The van der Waals surface area contributed by atoms with Crippen molar-refractivity contribution >= 4 is 17.3 Å². The van der Waals surface area contributed by atoms with Crippen molar-refractivity contribution in [2.75, 3.05) is 11.9 Å². The maximum Gasteiger partial charge on any atom is 0.416 e. The first-order valence-corrected chi connectivity index (χ1v) is 5.92. The molecule has 0 aliphatic rings. The summed E-state index contributed by atoms with van der Waals surface area (Å²) >= 11 is 5.68. The number of nitrogens with zero attached hydrogens (tertiary/aromatic N) is 2. The van der Waals surface area contributed by atoms with E-state index in [1.54, 1.807) is 23.1 Å². The highest BCUT2D eigenvalue weighted by Crippen LogP contribution is 2.33. The Bertz CT molecular complexity index is 538. The smallest absolute Gasteiger partial charge is 0.383 e. The zero-order valence-corrected chi connectivity index (χ0v) is 10.5. The molecular formula is C12H11ClF3N3. The first-order chi connectivity index (χ1) is 8.95. The van der Waals surface area contributed by atoms with Crippen molar-refractivity contribution in [1.82, 2.24) is 9.78 Å². The van der Waals surface area contributed by atoms with Crippen molar-refractivity contribution in [2.24, 2.45) is 0 Å². The number of hydrogen-bond acceptors (Lipinski definition) is 2. The minimum absolute atomic E-state index is 0.0522. The second-order valence-electron chi connectivity index (χ2n) is 3.92. The molecule has 7 heteroatoms. The molecule has 0 radical (unpaired) electrons. The van der Waals surface area contributed by atoms with E-state index in [9.17, 15) is 13.2 Å². The summed E-state index contributed by atoms with van der Waals surface area (Å²) in [5, 5.41) is 6.94. The second-order valence-corrected chi connectivity index (χ2v) is 4.36. The van der Waals surface area contributed by atoms with Gasteiger partial charge in [-0.3, -0.25) is 4.68 Å². The lowest BCUT2D eigenvalue weighted by Gasteiger charge is -2.11. The average molecular weight is 290 g/mol. The van der Waals surface area contributed by atoms with Gasteiger partial charge in [0.2, 0.25) is 0 Å². The van der Waals surface area contributed by atoms with E-state index in [1.807, 2.05) is 0 Å². The van der Waals surface area contributed by atoms with E-state index >= 15 is 0 Å². The molecule has 2 rings (SSSR count). The predicted molar refractivity (Wildman–Crippen MR) is 67.2 cm³/mol. The molecular weight excluding hydrogens is 279 g/mol. The Morgan fingerprint density at radius 2 is 2.05 bits per heavy atom. The van der Waals surface area contributed by atoms with E-state index in [-0.39, 0.29) is 5.02 Å². The lowest BCUT2D eigenvalue weighted by molar-refractivity contribution is -0.137. The standard InChI is InChI=1S/C12H11ClF3N3/c13-10-6-9(12(14,15)16)7-11(8-10)17-3-5-19-4-1-2-18-19/h1-2,4,6-8,17H,3,5H2. The molecule has 0 saturated carbocycles. The molecule has 0 fully saturated rings. The number of benzene rings is 1. The van der Waals surface area contributed by atoms with Crippen LogP contribution >= 0.6 is 11.6 Å². The fraction of sp³-hybridized carbons (Fsp3) is 0.250. The van der Waals surface area contributed by atoms with Crippen LogP contribution < -0.4 is 5.32 Å². The first kappa shape index (κ1) is 13.7. The molecule has 0 aliphatic carbocycles. The topological polar surface area (TPSA) is 29.9 Å². The predicted octanol–water partition coefficient (Wildman–Crippen LogP) is 3.67. The molecule has 0 spiro atoms. The molecule has 0 amide bonds. The van der Waals surface area contributed by atoms with Crippen molar-refractivity contribution in [3.63, 3.8) is 0 Å². The van der Waals surface area contributed by atoms with E-state index in [2.05, 4.69) is 10.4 Å². The summed E-state index contributed by atoms with van der Waals surface area (Å²) in [6.07, 6.45) is -0.981. The third-order valence-corrected chi connectivity index (χ3v) is 2.67. The van der Waals surface area contributed by atoms with Crippen molar-refractivity contribution < 1.29 is 13.2 Å². The quantitative estimate of drug-likeness (QED) is 0.931. The lowest BCUT2D eigenvalue weighted by Crippen LogP contribution is -2.12. The Labute approximate surface area is 113 Å². The molecule has 102 valence electrons. The van der Waals surface area contributed by atoms with Gasteiger partial charge >= 0.3 is 6.18 Å². The number of alkyl halides is 3. The van der Waals surface area contributed by atoms with Crippen LogP contribution in [-0.4, -0.2) is 16.3 Å². The minimum atomic E-state index is -4.40. The molecule has 0 bridgehead atoms. The molecule has 1 N–H and O–H groups in total. The summed E-state index contributed by atoms with van der Waals surface area (Å²) in [5.41, 5.74) is -0.423. The maximum absolute atomic E-state index is 12.6. The lowest BCUT2D eigenvalue weighted by atomic mass is 10.2. The average Bonchev–Trinajstić information content (AvgIpc) is 2.80. The SMILES string of the molecule is FC(F)(F)c1cc(Cl)cc(NCCn2cccn2)c1. The summed E-state index contributed by atoms with van der Waals surface area (Å²) in [4.78, 5) is 0. The molecule has 0 aliphatic heterocycles. The molecule has 0 saturated heterocycles. The molecule has 1 heterocycles. The number of anilines is 1. The molecule has 1 aromatic carbocycles. The van der Waals surface area contributed by atoms with Crippen molar-refractivity contribution in [3.8, 4) is 0 Å². The van der Waals surface area contributed by atoms with E-state index < -0.39 is 11.7 Å². The molecule has 0 unspecified atom stereocenters. The van der Waals surface area contributed by atoms with Crippen LogP contribution in [0.25, 0.3) is 0 Å². The highest BCUT2D eigenvalue weighted by molar-refractivity contribution is 6.30. The fourth-order valence-corrected chi connectivity index (χ4v) is 1.84. The number of nitrogens with one attached hydrogen (secondary N) is 1. The number of rotatable bonds is 4. The Morgan fingerprint density at radius 3 is 2.68 bits per heavy atom. The summed E-state index contributed by atoms with van der Waals surface area (Å²) in [7, 11) is 0. The largest absolute Gasteiger partial charge is 0.416 e. The van der Waals surface area contributed by atoms with Crippen LogP contribution in [0.4, 0.5) is 18.9 Å². The van der Waals surface area contributed by atoms with Gasteiger partial charge in [-0.1, -0.05) is 11.6 Å². The molecule has 0 atom stereocenters. The van der Waals surface area contributed by atoms with E-state index in [1.165, 1.54) is 6.07 Å². The third-order valence-electron chi connectivity index (χ3n) is 2.45. The summed E-state index contributed by atoms with van der Waals surface area (Å²) in [6.45, 7) is 1.01. The van der Waals surface area contributed by atoms with Crippen molar-refractivity contribution in [1.29, 1.82) is 0 Å². The van der Waals surface area contributed by atoms with Gasteiger partial charge in [0.25, 0.3) is 0 Å². The van der Waals surface area contributed by atoms with Crippen molar-refractivity contribution in [2.45, 2.75) is 12.7 Å². The van der Waals surface area contributed by atoms with Crippen LogP contribution in [0.15, 0.2) is 36.7 Å². The molecule has 3 nitrogen and oxygen atoms in total. The van der Waals surface area contributed by atoms with Gasteiger partial charge in [0, 0.05) is 29.6 Å². The van der Waals surface area contributed by atoms with E-state index in [4.69, 9.17) is 11.6 Å². The van der Waals surface area contributed by atoms with E-state index in [0.717, 1.165) is 12.1 Å². The van der Waals surface area contributed by atoms with Gasteiger partial charge in [-0.15, -0.1) is 0 Å². The number of halogens is 4. The van der Waals surface area contributed by atoms with Gasteiger partial charge in [0.05, 0.1) is 12.1 Å². The third kappa shape index (κ3) is 3.89. The van der Waals surface area contributed by atoms with Gasteiger partial charge in [0.1, 0.15) is 0 Å². The highest BCUT2D eigenvalue weighted by Gasteiger charge is 2.31. The minimum Gasteiger partial charge on any atom is -0.383 e. The molecule has 1 aromatic heterocycles. The maximum atomic E-state index is 12.6. The van der Waals surface area contributed by atoms with Gasteiger partial charge in [0.15, 0.2) is 0 Å². The monoisotopic (exact) mass is 289 g/mol. The van der Waals surface area contributed by atoms with Gasteiger partial charge in [-0.05, 0) is 24.3 Å². The van der Waals surface area contributed by atoms with E-state index in [0.29, 0.717) is 18.8 Å². The fourth-order valence-electron chi connectivity index (χ4n) is 1.60. The number of hydrogen-bond donors (Lipinski definition) is 1. The Hall–Kier alpha value is -1.69. The zero-order chi connectivity index (χ0) is 13.9. The Kier molecular flexibility index (Phi) is 3.99. The van der Waals surface area contributed by atoms with Crippen LogP contribution in [0.2, 0.25) is 5.02 Å². The molecule has 19 heavy (non-hydrogen) atoms. The molecule has 2 aromatic rings. The van der Waals surface area contributed by atoms with Gasteiger partial charge < -0.3 is 5.32 Å². The van der Waals surface area contributed by atoms with Gasteiger partial charge in [-0.2, -0.15) is 18.3 Å². The van der Waals surface area contributed by atoms with Gasteiger partial charge in [-0.25, -0.2) is 0 Å². The Balaban J connectivity index is 2.02. The Morgan fingerprint density at radius 1 is 1.26 bits per heavy atom. The van der Waals surface area contributed by atoms with Crippen molar-refractivity contribution in [3.05, 3.63) is 47.2 Å². The van der Waals surface area contributed by atoms with Crippen LogP contribution in [0.3, 0.4) is 0 Å².